The predicted octanol–water partition coefficient (Wildman–Crippen LogP) is 2.89. The lowest BCUT2D eigenvalue weighted by atomic mass is 10.2. The molecule has 3 rings (SSSR count). The molecule has 1 aliphatic heterocycles. The summed E-state index contributed by atoms with van der Waals surface area (Å²) in [5.74, 6) is -3.57. The van der Waals surface area contributed by atoms with Crippen molar-refractivity contribution in [3.63, 3.8) is 0 Å². The van der Waals surface area contributed by atoms with E-state index in [9.17, 15) is 23.2 Å². The van der Waals surface area contributed by atoms with Crippen LogP contribution in [0.2, 0.25) is 0 Å². The first-order chi connectivity index (χ1) is 12.9. The average Bonchev–Trinajstić information content (AvgIpc) is 3.09. The molecule has 0 bridgehead atoms. The molecule has 0 saturated carbocycles. The van der Waals surface area contributed by atoms with Gasteiger partial charge in [0.05, 0.1) is 5.56 Å². The van der Waals surface area contributed by atoms with Crippen LogP contribution in [0.4, 0.5) is 20.2 Å². The Hall–Kier alpha value is -3.29. The van der Waals surface area contributed by atoms with E-state index in [1.165, 1.54) is 18.2 Å². The van der Waals surface area contributed by atoms with Crippen LogP contribution in [-0.4, -0.2) is 30.9 Å². The fourth-order valence-electron chi connectivity index (χ4n) is 2.71. The van der Waals surface area contributed by atoms with Gasteiger partial charge in [-0.3, -0.25) is 9.59 Å². The molecule has 0 spiro atoms. The van der Waals surface area contributed by atoms with E-state index < -0.39 is 30.1 Å². The first kappa shape index (κ1) is 18.5. The normalized spacial score (nSPS) is 13.6. The maximum absolute atomic E-state index is 13.1. The Labute approximate surface area is 153 Å². The summed E-state index contributed by atoms with van der Waals surface area (Å²) in [5, 5.41) is 2.30. The van der Waals surface area contributed by atoms with Crippen molar-refractivity contribution in [2.45, 2.75) is 12.8 Å². The highest BCUT2D eigenvalue weighted by molar-refractivity contribution is 5.98. The van der Waals surface area contributed by atoms with E-state index in [0.717, 1.165) is 18.6 Å². The summed E-state index contributed by atoms with van der Waals surface area (Å²) in [6, 6.07) is 9.27. The second kappa shape index (κ2) is 7.94. The Morgan fingerprint density at radius 3 is 2.63 bits per heavy atom. The van der Waals surface area contributed by atoms with Crippen molar-refractivity contribution in [3.05, 3.63) is 59.7 Å². The van der Waals surface area contributed by atoms with Crippen LogP contribution >= 0.6 is 0 Å². The molecule has 27 heavy (non-hydrogen) atoms. The van der Waals surface area contributed by atoms with Crippen molar-refractivity contribution in [3.8, 4) is 0 Å². The lowest BCUT2D eigenvalue weighted by molar-refractivity contribution is -0.119. The third-order valence-corrected chi connectivity index (χ3v) is 4.00. The second-order valence-electron chi connectivity index (χ2n) is 5.95. The molecule has 2 aromatic carbocycles. The van der Waals surface area contributed by atoms with Gasteiger partial charge in [-0.15, -0.1) is 0 Å². The van der Waals surface area contributed by atoms with Crippen molar-refractivity contribution in [1.82, 2.24) is 0 Å². The Morgan fingerprint density at radius 1 is 1.11 bits per heavy atom. The van der Waals surface area contributed by atoms with E-state index in [2.05, 4.69) is 5.32 Å². The molecule has 8 heteroatoms. The van der Waals surface area contributed by atoms with Crippen molar-refractivity contribution in [2.75, 3.05) is 23.4 Å². The zero-order valence-corrected chi connectivity index (χ0v) is 14.2. The van der Waals surface area contributed by atoms with Gasteiger partial charge in [-0.1, -0.05) is 6.07 Å². The lowest BCUT2D eigenvalue weighted by Gasteiger charge is -2.16. The number of carbonyl (C=O) groups is 3. The number of nitrogens with one attached hydrogen (secondary N) is 1. The van der Waals surface area contributed by atoms with Crippen LogP contribution in [-0.2, 0) is 14.3 Å². The third-order valence-electron chi connectivity index (χ3n) is 4.00. The Morgan fingerprint density at radius 2 is 1.93 bits per heavy atom. The largest absolute Gasteiger partial charge is 0.452 e. The smallest absolute Gasteiger partial charge is 0.338 e. The van der Waals surface area contributed by atoms with Crippen LogP contribution in [0.5, 0.6) is 0 Å². The first-order valence-corrected chi connectivity index (χ1v) is 8.26. The Bertz CT molecular complexity index is 901. The molecule has 0 unspecified atom stereocenters. The molecule has 1 saturated heterocycles. The second-order valence-corrected chi connectivity index (χ2v) is 5.95. The lowest BCUT2D eigenvalue weighted by Crippen LogP contribution is -2.24. The number of hydrogen-bond acceptors (Lipinski definition) is 4. The minimum absolute atomic E-state index is 0.00794. The Balaban J connectivity index is 1.58. The summed E-state index contributed by atoms with van der Waals surface area (Å²) in [6.45, 7) is -0.00132. The Kier molecular flexibility index (Phi) is 5.44. The summed E-state index contributed by atoms with van der Waals surface area (Å²) < 4.78 is 30.9. The maximum Gasteiger partial charge on any atom is 0.338 e. The van der Waals surface area contributed by atoms with Gasteiger partial charge in [-0.2, -0.15) is 0 Å². The topological polar surface area (TPSA) is 75.7 Å². The number of hydrogen-bond donors (Lipinski definition) is 1. The van der Waals surface area contributed by atoms with E-state index in [0.29, 0.717) is 18.7 Å². The van der Waals surface area contributed by atoms with Crippen LogP contribution < -0.4 is 10.2 Å². The minimum Gasteiger partial charge on any atom is -0.452 e. The zero-order chi connectivity index (χ0) is 19.4. The first-order valence-electron chi connectivity index (χ1n) is 8.26. The van der Waals surface area contributed by atoms with Gasteiger partial charge in [0.15, 0.2) is 18.2 Å². The number of esters is 1. The number of ether oxygens (including phenoxy) is 1. The number of amides is 2. The highest BCUT2D eigenvalue weighted by Crippen LogP contribution is 2.22. The van der Waals surface area contributed by atoms with Gasteiger partial charge >= 0.3 is 5.97 Å². The van der Waals surface area contributed by atoms with Gasteiger partial charge in [0, 0.05) is 30.4 Å². The fourth-order valence-corrected chi connectivity index (χ4v) is 2.71. The van der Waals surface area contributed by atoms with Crippen molar-refractivity contribution in [1.29, 1.82) is 0 Å². The molecule has 2 aromatic rings. The molecule has 2 amide bonds. The summed E-state index contributed by atoms with van der Waals surface area (Å²) in [5.41, 5.74) is 0.843. The molecule has 1 aliphatic rings. The molecule has 0 atom stereocenters. The fraction of sp³-hybridized carbons (Fsp3) is 0.211. The van der Waals surface area contributed by atoms with E-state index in [1.54, 1.807) is 17.0 Å². The van der Waals surface area contributed by atoms with E-state index >= 15 is 0 Å². The highest BCUT2D eigenvalue weighted by atomic mass is 19.2. The minimum atomic E-state index is -1.10. The molecule has 140 valence electrons. The van der Waals surface area contributed by atoms with Crippen LogP contribution in [0.25, 0.3) is 0 Å². The van der Waals surface area contributed by atoms with Crippen LogP contribution in [0.1, 0.15) is 23.2 Å². The molecular weight excluding hydrogens is 358 g/mol. The molecule has 6 nitrogen and oxygen atoms in total. The van der Waals surface area contributed by atoms with E-state index in [1.807, 2.05) is 0 Å². The monoisotopic (exact) mass is 374 g/mol. The number of rotatable bonds is 5. The van der Waals surface area contributed by atoms with E-state index in [-0.39, 0.29) is 17.2 Å². The summed E-state index contributed by atoms with van der Waals surface area (Å²) in [4.78, 5) is 37.3. The van der Waals surface area contributed by atoms with Crippen molar-refractivity contribution >= 4 is 29.2 Å². The van der Waals surface area contributed by atoms with Gasteiger partial charge in [-0.05, 0) is 36.8 Å². The molecule has 0 radical (unpaired) electrons. The van der Waals surface area contributed by atoms with Crippen LogP contribution in [0.3, 0.4) is 0 Å². The van der Waals surface area contributed by atoms with Crippen molar-refractivity contribution < 1.29 is 27.9 Å². The SMILES string of the molecule is O=C(COC(=O)c1cccc(N2CCCC2=O)c1)Nc1ccc(F)c(F)c1. The summed E-state index contributed by atoms with van der Waals surface area (Å²) in [7, 11) is 0. The summed E-state index contributed by atoms with van der Waals surface area (Å²) >= 11 is 0. The standard InChI is InChI=1S/C19H16F2N2O4/c20-15-7-6-13(10-16(15)21)22-17(24)11-27-19(26)12-3-1-4-14(9-12)23-8-2-5-18(23)25/h1,3-4,6-7,9-10H,2,5,8,11H2,(H,22,24). The number of halogens is 2. The van der Waals surface area contributed by atoms with Gasteiger partial charge < -0.3 is 15.0 Å². The highest BCUT2D eigenvalue weighted by Gasteiger charge is 2.22. The van der Waals surface area contributed by atoms with Crippen LogP contribution in [0.15, 0.2) is 42.5 Å². The summed E-state index contributed by atoms with van der Waals surface area (Å²) in [6.07, 6.45) is 1.23. The van der Waals surface area contributed by atoms with Gasteiger partial charge in [0.2, 0.25) is 5.91 Å². The van der Waals surface area contributed by atoms with Crippen molar-refractivity contribution in [2.24, 2.45) is 0 Å². The molecular formula is C19H16F2N2O4. The average molecular weight is 374 g/mol. The molecule has 1 N–H and O–H groups in total. The van der Waals surface area contributed by atoms with Gasteiger partial charge in [0.25, 0.3) is 5.91 Å². The van der Waals surface area contributed by atoms with Gasteiger partial charge in [0.1, 0.15) is 0 Å². The number of anilines is 2. The number of nitrogens with zero attached hydrogens (tertiary/aromatic N) is 1. The van der Waals surface area contributed by atoms with E-state index in [4.69, 9.17) is 4.74 Å². The van der Waals surface area contributed by atoms with Gasteiger partial charge in [-0.25, -0.2) is 13.6 Å². The predicted molar refractivity (Wildman–Crippen MR) is 93.3 cm³/mol. The number of benzene rings is 2. The molecule has 0 aromatic heterocycles. The molecule has 1 heterocycles. The third kappa shape index (κ3) is 4.46. The maximum atomic E-state index is 13.1. The molecule has 0 aliphatic carbocycles. The van der Waals surface area contributed by atoms with Crippen LogP contribution in [0, 0.1) is 11.6 Å². The zero-order valence-electron chi connectivity index (χ0n) is 14.2. The quantitative estimate of drug-likeness (QED) is 0.817. The number of carbonyl (C=O) groups excluding carboxylic acids is 3. The molecule has 1 fully saturated rings.